The molecular weight excluding hydrogens is 372 g/mol. The molecule has 0 saturated heterocycles. The topological polar surface area (TPSA) is 76.9 Å². The third-order valence-corrected chi connectivity index (χ3v) is 5.89. The number of para-hydroxylation sites is 1. The number of hydrogen-bond acceptors (Lipinski definition) is 4. The molecule has 0 aliphatic rings. The van der Waals surface area contributed by atoms with Crippen molar-refractivity contribution >= 4 is 26.6 Å². The first-order valence-corrected chi connectivity index (χ1v) is 10.3. The Labute approximate surface area is 163 Å². The van der Waals surface area contributed by atoms with Crippen molar-refractivity contribution in [3.8, 4) is 5.69 Å². The van der Waals surface area contributed by atoms with E-state index in [1.54, 1.807) is 30.5 Å². The Morgan fingerprint density at radius 3 is 2.39 bits per heavy atom. The van der Waals surface area contributed by atoms with E-state index in [4.69, 9.17) is 0 Å². The van der Waals surface area contributed by atoms with Gasteiger partial charge in [-0.1, -0.05) is 12.1 Å². The van der Waals surface area contributed by atoms with Crippen molar-refractivity contribution in [2.24, 2.45) is 0 Å². The number of aryl methyl sites for hydroxylation is 3. The van der Waals surface area contributed by atoms with E-state index in [-0.39, 0.29) is 4.90 Å². The van der Waals surface area contributed by atoms with E-state index in [0.717, 1.165) is 28.0 Å². The molecule has 0 aliphatic heterocycles. The molecule has 0 bridgehead atoms. The van der Waals surface area contributed by atoms with E-state index in [1.807, 2.05) is 55.8 Å². The number of anilines is 1. The first-order chi connectivity index (χ1) is 13.3. The Hall–Kier alpha value is -3.19. The highest BCUT2D eigenvalue weighted by atomic mass is 32.2. The van der Waals surface area contributed by atoms with Crippen LogP contribution in [0.2, 0.25) is 0 Å². The van der Waals surface area contributed by atoms with E-state index < -0.39 is 10.0 Å². The SMILES string of the molecule is Cc1cnc2c(S(=O)(=O)Nc3ccc(-n4nc(C)cc4C)cc3)cccc2c1. The van der Waals surface area contributed by atoms with Crippen LogP contribution in [-0.4, -0.2) is 23.2 Å². The molecule has 0 radical (unpaired) electrons. The molecule has 2 aromatic carbocycles. The molecule has 4 rings (SSSR count). The molecule has 0 aliphatic carbocycles. The summed E-state index contributed by atoms with van der Waals surface area (Å²) in [6.45, 7) is 5.84. The molecule has 0 saturated carbocycles. The van der Waals surface area contributed by atoms with Crippen LogP contribution in [0.15, 0.2) is 65.7 Å². The average molecular weight is 392 g/mol. The monoisotopic (exact) mass is 392 g/mol. The van der Waals surface area contributed by atoms with Crippen molar-refractivity contribution in [3.63, 3.8) is 0 Å². The standard InChI is InChI=1S/C21H20N4O2S/c1-14-11-17-5-4-6-20(21(17)22-13-14)28(26,27)24-18-7-9-19(10-8-18)25-16(3)12-15(2)23-25/h4-13,24H,1-3H3. The molecule has 4 aromatic rings. The number of aromatic nitrogens is 3. The van der Waals surface area contributed by atoms with Gasteiger partial charge in [0.05, 0.1) is 16.9 Å². The van der Waals surface area contributed by atoms with Crippen molar-refractivity contribution in [2.45, 2.75) is 25.7 Å². The lowest BCUT2D eigenvalue weighted by molar-refractivity contribution is 0.602. The molecule has 28 heavy (non-hydrogen) atoms. The highest BCUT2D eigenvalue weighted by Crippen LogP contribution is 2.24. The van der Waals surface area contributed by atoms with Gasteiger partial charge in [0.1, 0.15) is 4.90 Å². The minimum atomic E-state index is -3.77. The van der Waals surface area contributed by atoms with Gasteiger partial charge in [0.15, 0.2) is 0 Å². The van der Waals surface area contributed by atoms with Gasteiger partial charge in [0, 0.05) is 23.0 Å². The van der Waals surface area contributed by atoms with Crippen molar-refractivity contribution in [3.05, 3.63) is 77.7 Å². The predicted octanol–water partition coefficient (Wildman–Crippen LogP) is 4.15. The maximum atomic E-state index is 12.9. The summed E-state index contributed by atoms with van der Waals surface area (Å²) in [6.07, 6.45) is 1.67. The molecule has 2 heterocycles. The van der Waals surface area contributed by atoms with Crippen molar-refractivity contribution in [2.75, 3.05) is 4.72 Å². The number of benzene rings is 2. The van der Waals surface area contributed by atoms with Crippen molar-refractivity contribution in [1.29, 1.82) is 0 Å². The van der Waals surface area contributed by atoms with Gasteiger partial charge in [-0.15, -0.1) is 0 Å². The Morgan fingerprint density at radius 2 is 1.71 bits per heavy atom. The summed E-state index contributed by atoms with van der Waals surface area (Å²) in [7, 11) is -3.77. The number of fused-ring (bicyclic) bond motifs is 1. The van der Waals surface area contributed by atoms with Crippen LogP contribution < -0.4 is 4.72 Å². The molecule has 1 N–H and O–H groups in total. The van der Waals surface area contributed by atoms with E-state index >= 15 is 0 Å². The molecule has 0 fully saturated rings. The second-order valence-corrected chi connectivity index (χ2v) is 8.48. The van der Waals surface area contributed by atoms with Crippen LogP contribution in [0.25, 0.3) is 16.6 Å². The number of nitrogens with one attached hydrogen (secondary N) is 1. The largest absolute Gasteiger partial charge is 0.280 e. The average Bonchev–Trinajstić information content (AvgIpc) is 2.99. The minimum Gasteiger partial charge on any atom is -0.280 e. The highest BCUT2D eigenvalue weighted by Gasteiger charge is 2.18. The van der Waals surface area contributed by atoms with Crippen LogP contribution in [0, 0.1) is 20.8 Å². The normalized spacial score (nSPS) is 11.7. The zero-order valence-corrected chi connectivity index (χ0v) is 16.7. The third-order valence-electron chi connectivity index (χ3n) is 4.47. The van der Waals surface area contributed by atoms with E-state index in [9.17, 15) is 8.42 Å². The zero-order chi connectivity index (χ0) is 19.9. The first kappa shape index (κ1) is 18.2. The van der Waals surface area contributed by atoms with E-state index in [1.165, 1.54) is 0 Å². The van der Waals surface area contributed by atoms with Gasteiger partial charge in [-0.05, 0) is 68.8 Å². The van der Waals surface area contributed by atoms with Crippen LogP contribution in [-0.2, 0) is 10.0 Å². The third kappa shape index (κ3) is 3.36. The fraction of sp³-hybridized carbons (Fsp3) is 0.143. The predicted molar refractivity (Wildman–Crippen MR) is 110 cm³/mol. The lowest BCUT2D eigenvalue weighted by Crippen LogP contribution is -2.14. The summed E-state index contributed by atoms with van der Waals surface area (Å²) >= 11 is 0. The fourth-order valence-electron chi connectivity index (χ4n) is 3.23. The van der Waals surface area contributed by atoms with Crippen LogP contribution in [0.5, 0.6) is 0 Å². The molecular formula is C21H20N4O2S. The summed E-state index contributed by atoms with van der Waals surface area (Å²) in [5, 5.41) is 5.24. The van der Waals surface area contributed by atoms with Crippen LogP contribution in [0.1, 0.15) is 17.0 Å². The first-order valence-electron chi connectivity index (χ1n) is 8.85. The van der Waals surface area contributed by atoms with Gasteiger partial charge < -0.3 is 0 Å². The summed E-state index contributed by atoms with van der Waals surface area (Å²) in [5.74, 6) is 0. The summed E-state index contributed by atoms with van der Waals surface area (Å²) in [5.41, 5.74) is 4.74. The van der Waals surface area contributed by atoms with Gasteiger partial charge in [-0.2, -0.15) is 5.10 Å². The van der Waals surface area contributed by atoms with Crippen molar-refractivity contribution < 1.29 is 8.42 Å². The Bertz CT molecular complexity index is 1280. The molecule has 7 heteroatoms. The molecule has 0 amide bonds. The quantitative estimate of drug-likeness (QED) is 0.566. The van der Waals surface area contributed by atoms with Gasteiger partial charge in [-0.3, -0.25) is 9.71 Å². The maximum Gasteiger partial charge on any atom is 0.264 e. The number of rotatable bonds is 4. The lowest BCUT2D eigenvalue weighted by Gasteiger charge is -2.11. The molecule has 142 valence electrons. The fourth-order valence-corrected chi connectivity index (χ4v) is 4.47. The van der Waals surface area contributed by atoms with E-state index in [0.29, 0.717) is 11.2 Å². The number of nitrogens with zero attached hydrogens (tertiary/aromatic N) is 3. The highest BCUT2D eigenvalue weighted by molar-refractivity contribution is 7.93. The summed E-state index contributed by atoms with van der Waals surface area (Å²) < 4.78 is 30.4. The van der Waals surface area contributed by atoms with E-state index in [2.05, 4.69) is 14.8 Å². The molecule has 2 aromatic heterocycles. The van der Waals surface area contributed by atoms with Crippen LogP contribution in [0.4, 0.5) is 5.69 Å². The lowest BCUT2D eigenvalue weighted by atomic mass is 10.2. The molecule has 0 unspecified atom stereocenters. The Morgan fingerprint density at radius 1 is 0.964 bits per heavy atom. The molecule has 0 atom stereocenters. The number of sulfonamides is 1. The minimum absolute atomic E-state index is 0.160. The second-order valence-electron chi connectivity index (χ2n) is 6.83. The van der Waals surface area contributed by atoms with Gasteiger partial charge >= 0.3 is 0 Å². The van der Waals surface area contributed by atoms with Gasteiger partial charge in [0.2, 0.25) is 0 Å². The maximum absolute atomic E-state index is 12.9. The molecule has 6 nitrogen and oxygen atoms in total. The van der Waals surface area contributed by atoms with Crippen molar-refractivity contribution in [1.82, 2.24) is 14.8 Å². The van der Waals surface area contributed by atoms with Crippen LogP contribution >= 0.6 is 0 Å². The van der Waals surface area contributed by atoms with Gasteiger partial charge in [-0.25, -0.2) is 13.1 Å². The summed E-state index contributed by atoms with van der Waals surface area (Å²) in [6, 6.07) is 16.2. The summed E-state index contributed by atoms with van der Waals surface area (Å²) in [4.78, 5) is 4.48. The van der Waals surface area contributed by atoms with Gasteiger partial charge in [0.25, 0.3) is 10.0 Å². The second kappa shape index (κ2) is 6.76. The van der Waals surface area contributed by atoms with Crippen LogP contribution in [0.3, 0.4) is 0 Å². The smallest absolute Gasteiger partial charge is 0.264 e. The Kier molecular flexibility index (Phi) is 4.39. The zero-order valence-electron chi connectivity index (χ0n) is 15.8. The Balaban J connectivity index is 1.66. The number of pyridine rings is 1. The number of hydrogen-bond donors (Lipinski definition) is 1. The molecule has 0 spiro atoms.